The maximum atomic E-state index is 12.2. The van der Waals surface area contributed by atoms with Gasteiger partial charge >= 0.3 is 0 Å². The van der Waals surface area contributed by atoms with Crippen LogP contribution in [0.2, 0.25) is 0 Å². The van der Waals surface area contributed by atoms with Gasteiger partial charge in [0.25, 0.3) is 0 Å². The van der Waals surface area contributed by atoms with Gasteiger partial charge in [-0.15, -0.1) is 0 Å². The quantitative estimate of drug-likeness (QED) is 0.683. The van der Waals surface area contributed by atoms with Crippen molar-refractivity contribution in [1.29, 1.82) is 0 Å². The fourth-order valence-corrected chi connectivity index (χ4v) is 4.30. The van der Waals surface area contributed by atoms with Crippen molar-refractivity contribution in [2.75, 3.05) is 5.32 Å². The zero-order chi connectivity index (χ0) is 15.4. The number of amides is 1. The summed E-state index contributed by atoms with van der Waals surface area (Å²) in [5.74, 6) is -0.220. The zero-order valence-electron chi connectivity index (χ0n) is 10.9. The number of carbonyl (C=O) groups excluding carboxylic acids is 1. The second kappa shape index (κ2) is 7.54. The van der Waals surface area contributed by atoms with Gasteiger partial charge in [-0.05, 0) is 56.0 Å². The van der Waals surface area contributed by atoms with Crippen molar-refractivity contribution in [3.05, 3.63) is 61.4 Å². The number of rotatable bonds is 4. The predicted octanol–water partition coefficient (Wildman–Crippen LogP) is 4.48. The summed E-state index contributed by atoms with van der Waals surface area (Å²) in [6.07, 6.45) is 0.498. The lowest BCUT2D eigenvalue weighted by Gasteiger charge is -2.15. The Morgan fingerprint density at radius 3 is 2.24 bits per heavy atom. The molecule has 21 heavy (non-hydrogen) atoms. The fraction of sp³-hybridized carbons (Fsp3) is 0.133. The Bertz CT molecular complexity index is 624. The van der Waals surface area contributed by atoms with E-state index in [4.69, 9.17) is 5.73 Å². The van der Waals surface area contributed by atoms with Gasteiger partial charge in [-0.25, -0.2) is 0 Å². The van der Waals surface area contributed by atoms with E-state index in [2.05, 4.69) is 53.1 Å². The minimum Gasteiger partial charge on any atom is -0.323 e. The minimum atomic E-state index is -0.602. The molecule has 0 saturated carbocycles. The van der Waals surface area contributed by atoms with Gasteiger partial charge in [0.15, 0.2) is 0 Å². The monoisotopic (exact) mass is 474 g/mol. The Morgan fingerprint density at radius 1 is 1.10 bits per heavy atom. The van der Waals surface area contributed by atoms with Crippen LogP contribution in [0.4, 0.5) is 5.69 Å². The Morgan fingerprint density at radius 2 is 1.67 bits per heavy atom. The molecule has 1 atom stereocenters. The summed E-state index contributed by atoms with van der Waals surface area (Å²) in [6.45, 7) is 0. The largest absolute Gasteiger partial charge is 0.323 e. The number of hydrogen-bond donors (Lipinski definition) is 2. The molecule has 0 heterocycles. The van der Waals surface area contributed by atoms with Crippen molar-refractivity contribution in [1.82, 2.24) is 0 Å². The molecule has 0 radical (unpaired) electrons. The van der Waals surface area contributed by atoms with Gasteiger partial charge in [0.1, 0.15) is 0 Å². The normalized spacial score (nSPS) is 12.0. The van der Waals surface area contributed by atoms with Crippen LogP contribution in [0.5, 0.6) is 0 Å². The van der Waals surface area contributed by atoms with Crippen LogP contribution in [0, 0.1) is 0 Å². The molecule has 2 aromatic carbocycles. The zero-order valence-corrected chi connectivity index (χ0v) is 15.7. The van der Waals surface area contributed by atoms with E-state index in [0.717, 1.165) is 19.0 Å². The fourth-order valence-electron chi connectivity index (χ4n) is 1.84. The molecule has 0 bridgehead atoms. The first-order valence-corrected chi connectivity index (χ1v) is 8.60. The highest BCUT2D eigenvalue weighted by Crippen LogP contribution is 2.34. The van der Waals surface area contributed by atoms with E-state index >= 15 is 0 Å². The highest BCUT2D eigenvalue weighted by Gasteiger charge is 2.17. The first kappa shape index (κ1) is 16.7. The Hall–Kier alpha value is -0.690. The van der Waals surface area contributed by atoms with Crippen molar-refractivity contribution in [3.8, 4) is 0 Å². The van der Waals surface area contributed by atoms with E-state index in [0.29, 0.717) is 12.1 Å². The van der Waals surface area contributed by atoms with Crippen molar-refractivity contribution in [3.63, 3.8) is 0 Å². The van der Waals surface area contributed by atoms with Crippen LogP contribution in [-0.4, -0.2) is 11.9 Å². The molecule has 0 fully saturated rings. The van der Waals surface area contributed by atoms with Crippen LogP contribution in [0.15, 0.2) is 55.9 Å². The topological polar surface area (TPSA) is 55.1 Å². The number of halogens is 3. The molecular formula is C15H13Br3N2O. The second-order valence-electron chi connectivity index (χ2n) is 4.53. The first-order valence-electron chi connectivity index (χ1n) is 6.22. The smallest absolute Gasteiger partial charge is 0.241 e. The van der Waals surface area contributed by atoms with Gasteiger partial charge in [-0.2, -0.15) is 0 Å². The summed E-state index contributed by atoms with van der Waals surface area (Å²) in [6, 6.07) is 12.8. The number of benzene rings is 2. The molecule has 0 aliphatic carbocycles. The number of nitrogens with one attached hydrogen (secondary N) is 1. The van der Waals surface area contributed by atoms with Crippen LogP contribution < -0.4 is 11.1 Å². The minimum absolute atomic E-state index is 0.220. The van der Waals surface area contributed by atoms with Crippen molar-refractivity contribution in [2.45, 2.75) is 12.5 Å². The number of nitrogens with two attached hydrogens (primary N) is 1. The van der Waals surface area contributed by atoms with Crippen molar-refractivity contribution in [2.24, 2.45) is 5.73 Å². The summed E-state index contributed by atoms with van der Waals surface area (Å²) in [5.41, 5.74) is 7.68. The lowest BCUT2D eigenvalue weighted by Crippen LogP contribution is -2.37. The van der Waals surface area contributed by atoms with E-state index in [1.54, 1.807) is 0 Å². The lowest BCUT2D eigenvalue weighted by atomic mass is 10.1. The van der Waals surface area contributed by atoms with Crippen LogP contribution >= 0.6 is 47.8 Å². The molecular weight excluding hydrogens is 464 g/mol. The summed E-state index contributed by atoms with van der Waals surface area (Å²) in [7, 11) is 0. The van der Waals surface area contributed by atoms with E-state index in [9.17, 15) is 4.79 Å². The summed E-state index contributed by atoms with van der Waals surface area (Å²) < 4.78 is 2.47. The number of hydrogen-bond acceptors (Lipinski definition) is 2. The molecule has 6 heteroatoms. The summed E-state index contributed by atoms with van der Waals surface area (Å²) >= 11 is 10.2. The average Bonchev–Trinajstić information content (AvgIpc) is 2.43. The van der Waals surface area contributed by atoms with E-state index in [1.165, 1.54) is 0 Å². The Kier molecular flexibility index (Phi) is 5.98. The molecule has 1 amide bonds. The highest BCUT2D eigenvalue weighted by molar-refractivity contribution is 9.11. The third-order valence-electron chi connectivity index (χ3n) is 2.89. The molecule has 2 rings (SSSR count). The maximum absolute atomic E-state index is 12.2. The van der Waals surface area contributed by atoms with Gasteiger partial charge in [0.05, 0.1) is 11.7 Å². The van der Waals surface area contributed by atoms with Gasteiger partial charge in [-0.1, -0.05) is 46.3 Å². The van der Waals surface area contributed by atoms with Crippen molar-refractivity contribution < 1.29 is 4.79 Å². The van der Waals surface area contributed by atoms with Gasteiger partial charge < -0.3 is 11.1 Å². The highest BCUT2D eigenvalue weighted by atomic mass is 79.9. The molecule has 0 aliphatic heterocycles. The standard InChI is InChI=1S/C15H13Br3N2O/c16-10-7-11(17)14(12(18)8-10)20-15(21)13(19)6-9-4-2-1-3-5-9/h1-5,7-8,13H,6,19H2,(H,20,21). The summed E-state index contributed by atoms with van der Waals surface area (Å²) in [4.78, 5) is 12.2. The van der Waals surface area contributed by atoms with E-state index < -0.39 is 6.04 Å². The lowest BCUT2D eigenvalue weighted by molar-refractivity contribution is -0.117. The molecule has 0 aliphatic rings. The van der Waals surface area contributed by atoms with Crippen LogP contribution in [0.3, 0.4) is 0 Å². The average molecular weight is 477 g/mol. The molecule has 0 spiro atoms. The molecule has 3 N–H and O–H groups in total. The third kappa shape index (κ3) is 4.64. The maximum Gasteiger partial charge on any atom is 0.241 e. The van der Waals surface area contributed by atoms with Crippen molar-refractivity contribution >= 4 is 59.4 Å². The second-order valence-corrected chi connectivity index (χ2v) is 7.15. The van der Waals surface area contributed by atoms with E-state index in [-0.39, 0.29) is 5.91 Å². The SMILES string of the molecule is NC(Cc1ccccc1)C(=O)Nc1c(Br)cc(Br)cc1Br. The Balaban J connectivity index is 2.08. The van der Waals surface area contributed by atoms with E-state index in [1.807, 2.05) is 42.5 Å². The number of carbonyl (C=O) groups is 1. The van der Waals surface area contributed by atoms with Crippen LogP contribution in [0.25, 0.3) is 0 Å². The Labute approximate surface area is 148 Å². The number of anilines is 1. The van der Waals surface area contributed by atoms with Gasteiger partial charge in [-0.3, -0.25) is 4.79 Å². The van der Waals surface area contributed by atoms with Crippen LogP contribution in [-0.2, 0) is 11.2 Å². The molecule has 0 saturated heterocycles. The van der Waals surface area contributed by atoms with Gasteiger partial charge in [0, 0.05) is 13.4 Å². The predicted molar refractivity (Wildman–Crippen MR) is 96.3 cm³/mol. The summed E-state index contributed by atoms with van der Waals surface area (Å²) in [5, 5.41) is 2.85. The molecule has 110 valence electrons. The third-order valence-corrected chi connectivity index (χ3v) is 4.60. The van der Waals surface area contributed by atoms with Crippen LogP contribution in [0.1, 0.15) is 5.56 Å². The molecule has 0 aromatic heterocycles. The van der Waals surface area contributed by atoms with Gasteiger partial charge in [0.2, 0.25) is 5.91 Å². The molecule has 1 unspecified atom stereocenters. The molecule has 3 nitrogen and oxygen atoms in total. The molecule has 2 aromatic rings. The first-order chi connectivity index (χ1) is 9.97.